The second kappa shape index (κ2) is 6.65. The Hall–Kier alpha value is -1.05. The summed E-state index contributed by atoms with van der Waals surface area (Å²) in [5.41, 5.74) is 0.786. The van der Waals surface area contributed by atoms with Gasteiger partial charge in [-0.15, -0.1) is 0 Å². The average Bonchev–Trinajstić information content (AvgIpc) is 2.21. The van der Waals surface area contributed by atoms with E-state index in [0.29, 0.717) is 0 Å². The Bertz CT molecular complexity index is 192. The molecule has 0 unspecified atom stereocenters. The molecule has 0 aliphatic heterocycles. The molecule has 0 fully saturated rings. The Morgan fingerprint density at radius 1 is 1.42 bits per heavy atom. The molecule has 2 nitrogen and oxygen atoms in total. The predicted molar refractivity (Wildman–Crippen MR) is 51.9 cm³/mol. The van der Waals surface area contributed by atoms with Gasteiger partial charge in [0.15, 0.2) is 0 Å². The summed E-state index contributed by atoms with van der Waals surface area (Å²) >= 11 is 0. The largest absolute Gasteiger partial charge is 0.355 e. The number of carbonyl (C=O) groups excluding carboxylic acids is 1. The molecule has 0 spiro atoms. The van der Waals surface area contributed by atoms with E-state index < -0.39 is 0 Å². The minimum Gasteiger partial charge on any atom is -0.355 e. The van der Waals surface area contributed by atoms with Gasteiger partial charge in [0, 0.05) is 12.6 Å². The van der Waals surface area contributed by atoms with Crippen LogP contribution in [0.2, 0.25) is 0 Å². The number of likely N-dealkylation sites (N-methyl/N-ethyl adjacent to an activating group) is 1. The zero-order chi connectivity index (χ0) is 9.40. The second-order valence-corrected chi connectivity index (χ2v) is 2.22. The third-order valence-corrected chi connectivity index (χ3v) is 1.48. The summed E-state index contributed by atoms with van der Waals surface area (Å²) < 4.78 is 0. The van der Waals surface area contributed by atoms with Crippen molar-refractivity contribution in [3.8, 4) is 0 Å². The van der Waals surface area contributed by atoms with Gasteiger partial charge in [0.2, 0.25) is 0 Å². The van der Waals surface area contributed by atoms with Crippen LogP contribution in [0.5, 0.6) is 0 Å². The molecule has 0 aromatic carbocycles. The lowest BCUT2D eigenvalue weighted by molar-refractivity contribution is -0.116. The minimum absolute atomic E-state index is 0.0101. The molecule has 0 saturated carbocycles. The molecule has 1 N–H and O–H groups in total. The van der Waals surface area contributed by atoms with Crippen LogP contribution < -0.4 is 5.32 Å². The van der Waals surface area contributed by atoms with Crippen molar-refractivity contribution in [1.29, 1.82) is 0 Å². The quantitative estimate of drug-likeness (QED) is 0.636. The van der Waals surface area contributed by atoms with Crippen molar-refractivity contribution in [2.75, 3.05) is 7.05 Å². The summed E-state index contributed by atoms with van der Waals surface area (Å²) in [7, 11) is 1.64. The van der Waals surface area contributed by atoms with Crippen LogP contribution in [-0.4, -0.2) is 13.0 Å². The van der Waals surface area contributed by atoms with Crippen LogP contribution in [0.15, 0.2) is 23.8 Å². The van der Waals surface area contributed by atoms with Crippen molar-refractivity contribution >= 4 is 5.91 Å². The fraction of sp³-hybridized carbons (Fsp3) is 0.500. The van der Waals surface area contributed by atoms with E-state index in [1.54, 1.807) is 7.05 Å². The third-order valence-electron chi connectivity index (χ3n) is 1.48. The highest BCUT2D eigenvalue weighted by molar-refractivity contribution is 5.96. The van der Waals surface area contributed by atoms with Gasteiger partial charge >= 0.3 is 0 Å². The van der Waals surface area contributed by atoms with Crippen molar-refractivity contribution in [2.45, 2.75) is 26.7 Å². The molecule has 1 aliphatic carbocycles. The van der Waals surface area contributed by atoms with Gasteiger partial charge in [-0.3, -0.25) is 4.79 Å². The first-order valence-corrected chi connectivity index (χ1v) is 4.43. The van der Waals surface area contributed by atoms with Crippen molar-refractivity contribution in [1.82, 2.24) is 5.32 Å². The molecule has 2 heteroatoms. The summed E-state index contributed by atoms with van der Waals surface area (Å²) in [5, 5.41) is 2.58. The Morgan fingerprint density at radius 3 is 2.50 bits per heavy atom. The van der Waals surface area contributed by atoms with E-state index >= 15 is 0 Å². The fourth-order valence-corrected chi connectivity index (χ4v) is 0.926. The van der Waals surface area contributed by atoms with E-state index in [2.05, 4.69) is 5.32 Å². The first kappa shape index (κ1) is 11.0. The zero-order valence-corrected chi connectivity index (χ0v) is 8.05. The predicted octanol–water partition coefficient (Wildman–Crippen LogP) is 2.04. The number of amides is 1. The van der Waals surface area contributed by atoms with Gasteiger partial charge < -0.3 is 5.32 Å². The Labute approximate surface area is 74.4 Å². The SMILES string of the molecule is CC.CNC(=O)C1=CCCC=C1. The van der Waals surface area contributed by atoms with E-state index in [0.717, 1.165) is 18.4 Å². The monoisotopic (exact) mass is 167 g/mol. The summed E-state index contributed by atoms with van der Waals surface area (Å²) in [6.07, 6.45) is 7.88. The van der Waals surface area contributed by atoms with E-state index in [9.17, 15) is 4.79 Å². The van der Waals surface area contributed by atoms with Gasteiger partial charge in [0.25, 0.3) is 5.91 Å². The molecular formula is C10H17NO. The van der Waals surface area contributed by atoms with Gasteiger partial charge in [0.05, 0.1) is 0 Å². The molecule has 1 amide bonds. The lowest BCUT2D eigenvalue weighted by atomic mass is 10.1. The molecule has 0 heterocycles. The van der Waals surface area contributed by atoms with Crippen LogP contribution in [0, 0.1) is 0 Å². The first-order valence-electron chi connectivity index (χ1n) is 4.43. The van der Waals surface area contributed by atoms with Crippen LogP contribution in [0.3, 0.4) is 0 Å². The number of hydrogen-bond donors (Lipinski definition) is 1. The highest BCUT2D eigenvalue weighted by Crippen LogP contribution is 2.08. The molecule has 0 radical (unpaired) electrons. The number of allylic oxidation sites excluding steroid dienone is 2. The molecule has 12 heavy (non-hydrogen) atoms. The van der Waals surface area contributed by atoms with Crippen LogP contribution in [0.4, 0.5) is 0 Å². The molecule has 1 aliphatic rings. The van der Waals surface area contributed by atoms with E-state index in [1.165, 1.54) is 0 Å². The number of rotatable bonds is 1. The Kier molecular flexibility index (Phi) is 6.07. The van der Waals surface area contributed by atoms with Crippen LogP contribution in [0.1, 0.15) is 26.7 Å². The summed E-state index contributed by atoms with van der Waals surface area (Å²) in [6, 6.07) is 0. The maximum absolute atomic E-state index is 10.9. The fourth-order valence-electron chi connectivity index (χ4n) is 0.926. The molecule has 68 valence electrons. The van der Waals surface area contributed by atoms with Crippen molar-refractivity contribution in [3.63, 3.8) is 0 Å². The standard InChI is InChI=1S/C8H11NO.C2H6/c1-9-8(10)7-5-3-2-4-6-7;1-2/h3,5-6H,2,4H2,1H3,(H,9,10);1-2H3. The van der Waals surface area contributed by atoms with Gasteiger partial charge in [-0.25, -0.2) is 0 Å². The van der Waals surface area contributed by atoms with E-state index in [1.807, 2.05) is 32.1 Å². The van der Waals surface area contributed by atoms with Gasteiger partial charge in [0.1, 0.15) is 0 Å². The van der Waals surface area contributed by atoms with Crippen molar-refractivity contribution < 1.29 is 4.79 Å². The van der Waals surface area contributed by atoms with Crippen molar-refractivity contribution in [3.05, 3.63) is 23.8 Å². The summed E-state index contributed by atoms with van der Waals surface area (Å²) in [6.45, 7) is 4.00. The van der Waals surface area contributed by atoms with Crippen LogP contribution in [0.25, 0.3) is 0 Å². The van der Waals surface area contributed by atoms with Crippen LogP contribution in [-0.2, 0) is 4.79 Å². The molecular weight excluding hydrogens is 150 g/mol. The van der Waals surface area contributed by atoms with E-state index in [4.69, 9.17) is 0 Å². The highest BCUT2D eigenvalue weighted by Gasteiger charge is 2.03. The Morgan fingerprint density at radius 2 is 2.08 bits per heavy atom. The maximum Gasteiger partial charge on any atom is 0.250 e. The van der Waals surface area contributed by atoms with Crippen molar-refractivity contribution in [2.24, 2.45) is 0 Å². The number of hydrogen-bond acceptors (Lipinski definition) is 1. The smallest absolute Gasteiger partial charge is 0.250 e. The molecule has 0 saturated heterocycles. The lowest BCUT2D eigenvalue weighted by Crippen LogP contribution is -2.19. The molecule has 0 aromatic rings. The topological polar surface area (TPSA) is 29.1 Å². The highest BCUT2D eigenvalue weighted by atomic mass is 16.1. The van der Waals surface area contributed by atoms with Gasteiger partial charge in [-0.05, 0) is 12.8 Å². The molecule has 0 bridgehead atoms. The molecule has 1 rings (SSSR count). The van der Waals surface area contributed by atoms with Gasteiger partial charge in [-0.2, -0.15) is 0 Å². The number of carbonyl (C=O) groups is 1. The zero-order valence-electron chi connectivity index (χ0n) is 8.05. The first-order chi connectivity index (χ1) is 5.84. The maximum atomic E-state index is 10.9. The second-order valence-electron chi connectivity index (χ2n) is 2.22. The Balaban J connectivity index is 0.000000561. The normalized spacial score (nSPS) is 14.1. The van der Waals surface area contributed by atoms with E-state index in [-0.39, 0.29) is 5.91 Å². The molecule has 0 atom stereocenters. The summed E-state index contributed by atoms with van der Waals surface area (Å²) in [4.78, 5) is 10.9. The minimum atomic E-state index is 0.0101. The van der Waals surface area contributed by atoms with Crippen LogP contribution >= 0.6 is 0 Å². The van der Waals surface area contributed by atoms with Gasteiger partial charge in [-0.1, -0.05) is 32.1 Å². The third kappa shape index (κ3) is 3.37. The lowest BCUT2D eigenvalue weighted by Gasteiger charge is -2.03. The number of nitrogens with one attached hydrogen (secondary N) is 1. The summed E-state index contributed by atoms with van der Waals surface area (Å²) in [5.74, 6) is 0.0101. The molecule has 0 aromatic heterocycles. The average molecular weight is 167 g/mol.